The van der Waals surface area contributed by atoms with Crippen molar-refractivity contribution in [1.29, 1.82) is 0 Å². The van der Waals surface area contributed by atoms with Gasteiger partial charge in [-0.2, -0.15) is 8.42 Å². The second kappa shape index (κ2) is 9.66. The number of hydrogen-bond donors (Lipinski definition) is 2. The summed E-state index contributed by atoms with van der Waals surface area (Å²) in [4.78, 5) is 0. The Kier molecular flexibility index (Phi) is 7.56. The Labute approximate surface area is 154 Å². The fraction of sp³-hybridized carbons (Fsp3) is 0.368. The first kappa shape index (κ1) is 20.4. The summed E-state index contributed by atoms with van der Waals surface area (Å²) in [6.45, 7) is 2.19. The summed E-state index contributed by atoms with van der Waals surface area (Å²) in [5.74, 6) is 1.81. The molecule has 0 aromatic heterocycles. The van der Waals surface area contributed by atoms with Gasteiger partial charge in [0.15, 0.2) is 0 Å². The van der Waals surface area contributed by atoms with Crippen LogP contribution in [0.2, 0.25) is 0 Å². The average molecular weight is 381 g/mol. The zero-order valence-corrected chi connectivity index (χ0v) is 15.5. The van der Waals surface area contributed by atoms with Crippen molar-refractivity contribution in [3.63, 3.8) is 0 Å². The van der Waals surface area contributed by atoms with E-state index in [1.54, 1.807) is 12.1 Å². The zero-order valence-electron chi connectivity index (χ0n) is 14.7. The highest BCUT2D eigenvalue weighted by Gasteiger charge is 2.16. The van der Waals surface area contributed by atoms with Gasteiger partial charge in [0.2, 0.25) is 0 Å². The molecule has 0 radical (unpaired) electrons. The maximum Gasteiger partial charge on any atom is 0.261 e. The molecule has 0 bridgehead atoms. The van der Waals surface area contributed by atoms with Crippen molar-refractivity contribution in [2.24, 2.45) is 5.92 Å². The molecule has 7 heteroatoms. The maximum atomic E-state index is 13.3. The molecule has 1 heterocycles. The number of halogens is 1. The molecule has 0 atom stereocenters. The van der Waals surface area contributed by atoms with Gasteiger partial charge in [0.1, 0.15) is 17.3 Å². The van der Waals surface area contributed by atoms with Crippen LogP contribution in [0.1, 0.15) is 18.4 Å². The first-order valence-electron chi connectivity index (χ1n) is 8.46. The lowest BCUT2D eigenvalue weighted by Crippen LogP contribution is -2.28. The van der Waals surface area contributed by atoms with Crippen LogP contribution in [0, 0.1) is 11.7 Å². The lowest BCUT2D eigenvalue weighted by atomic mass is 9.90. The van der Waals surface area contributed by atoms with Crippen molar-refractivity contribution < 1.29 is 22.1 Å². The summed E-state index contributed by atoms with van der Waals surface area (Å²) in [7, 11) is -3.67. The summed E-state index contributed by atoms with van der Waals surface area (Å²) in [6.07, 6.45) is 4.14. The Balaban J connectivity index is 0.000000431. The van der Waals surface area contributed by atoms with Crippen LogP contribution in [0.5, 0.6) is 11.5 Å². The molecule has 1 aliphatic rings. The Morgan fingerprint density at radius 3 is 2.46 bits per heavy atom. The van der Waals surface area contributed by atoms with Crippen LogP contribution in [-0.2, 0) is 16.5 Å². The minimum absolute atomic E-state index is 0.275. The van der Waals surface area contributed by atoms with Crippen LogP contribution in [-0.4, -0.2) is 32.3 Å². The topological polar surface area (TPSA) is 75.6 Å². The first-order chi connectivity index (χ1) is 12.3. The number of ether oxygens (including phenoxy) is 1. The highest BCUT2D eigenvalue weighted by molar-refractivity contribution is 7.85. The first-order valence-corrected chi connectivity index (χ1v) is 10.3. The second-order valence-corrected chi connectivity index (χ2v) is 7.76. The molecule has 0 amide bonds. The standard InChI is InChI=1S/C18H20FNO.CH4O3S/c19-16-5-3-6-17(13-16)21-18-7-2-1-4-15(18)12-14-8-10-20-11-9-14;1-5(2,3)4/h1-7,13-14,20H,8-12H2;1H3,(H,2,3,4). The van der Waals surface area contributed by atoms with E-state index in [1.165, 1.54) is 30.5 Å². The van der Waals surface area contributed by atoms with Crippen molar-refractivity contribution >= 4 is 10.1 Å². The van der Waals surface area contributed by atoms with Crippen molar-refractivity contribution in [1.82, 2.24) is 5.32 Å². The van der Waals surface area contributed by atoms with Crippen LogP contribution in [0.15, 0.2) is 48.5 Å². The average Bonchev–Trinajstić information content (AvgIpc) is 2.56. The van der Waals surface area contributed by atoms with E-state index in [2.05, 4.69) is 11.4 Å². The fourth-order valence-electron chi connectivity index (χ4n) is 2.83. The molecule has 2 aromatic rings. The third kappa shape index (κ3) is 7.95. The monoisotopic (exact) mass is 381 g/mol. The van der Waals surface area contributed by atoms with Gasteiger partial charge in [-0.05, 0) is 62.0 Å². The van der Waals surface area contributed by atoms with E-state index in [4.69, 9.17) is 9.29 Å². The molecule has 0 aliphatic carbocycles. The van der Waals surface area contributed by atoms with Crippen LogP contribution >= 0.6 is 0 Å². The lowest BCUT2D eigenvalue weighted by Gasteiger charge is -2.23. The molecule has 0 unspecified atom stereocenters. The SMILES string of the molecule is CS(=O)(=O)O.Fc1cccc(Oc2ccccc2CC2CCNCC2)c1. The van der Waals surface area contributed by atoms with Gasteiger partial charge < -0.3 is 10.1 Å². The highest BCUT2D eigenvalue weighted by atomic mass is 32.2. The molecule has 2 N–H and O–H groups in total. The van der Waals surface area contributed by atoms with Gasteiger partial charge in [-0.25, -0.2) is 4.39 Å². The molecule has 5 nitrogen and oxygen atoms in total. The fourth-order valence-corrected chi connectivity index (χ4v) is 2.83. The van der Waals surface area contributed by atoms with Crippen LogP contribution in [0.25, 0.3) is 0 Å². The van der Waals surface area contributed by atoms with E-state index >= 15 is 0 Å². The Bertz CT molecular complexity index is 797. The molecule has 2 aromatic carbocycles. The number of piperidine rings is 1. The van der Waals surface area contributed by atoms with E-state index in [9.17, 15) is 12.8 Å². The molecule has 3 rings (SSSR count). The molecule has 26 heavy (non-hydrogen) atoms. The Morgan fingerprint density at radius 1 is 1.15 bits per heavy atom. The molecule has 0 saturated carbocycles. The molecule has 0 spiro atoms. The van der Waals surface area contributed by atoms with Gasteiger partial charge in [-0.3, -0.25) is 4.55 Å². The number of nitrogens with one attached hydrogen (secondary N) is 1. The summed E-state index contributed by atoms with van der Waals surface area (Å²) in [5, 5.41) is 3.39. The van der Waals surface area contributed by atoms with Crippen LogP contribution in [0.4, 0.5) is 4.39 Å². The minimum atomic E-state index is -3.67. The minimum Gasteiger partial charge on any atom is -0.457 e. The summed E-state index contributed by atoms with van der Waals surface area (Å²) in [5.41, 5.74) is 1.20. The smallest absolute Gasteiger partial charge is 0.261 e. The second-order valence-electron chi connectivity index (χ2n) is 6.30. The molecule has 142 valence electrons. The van der Waals surface area contributed by atoms with Crippen LogP contribution < -0.4 is 10.1 Å². The van der Waals surface area contributed by atoms with E-state index in [1.807, 2.05) is 18.2 Å². The maximum absolute atomic E-state index is 13.3. The van der Waals surface area contributed by atoms with E-state index < -0.39 is 10.1 Å². The third-order valence-corrected chi connectivity index (χ3v) is 3.96. The van der Waals surface area contributed by atoms with Crippen molar-refractivity contribution in [2.75, 3.05) is 19.3 Å². The quantitative estimate of drug-likeness (QED) is 0.791. The van der Waals surface area contributed by atoms with E-state index in [0.29, 0.717) is 17.9 Å². The Morgan fingerprint density at radius 2 is 1.81 bits per heavy atom. The number of para-hydroxylation sites is 1. The summed E-state index contributed by atoms with van der Waals surface area (Å²) in [6, 6.07) is 14.4. The van der Waals surface area contributed by atoms with Gasteiger partial charge in [0.05, 0.1) is 6.26 Å². The molecule has 1 fully saturated rings. The largest absolute Gasteiger partial charge is 0.457 e. The zero-order chi connectivity index (χ0) is 19.0. The van der Waals surface area contributed by atoms with Crippen molar-refractivity contribution in [2.45, 2.75) is 19.3 Å². The number of hydrogen-bond acceptors (Lipinski definition) is 4. The van der Waals surface area contributed by atoms with Gasteiger partial charge in [-0.1, -0.05) is 24.3 Å². The van der Waals surface area contributed by atoms with Crippen LogP contribution in [0.3, 0.4) is 0 Å². The molecular weight excluding hydrogens is 357 g/mol. The lowest BCUT2D eigenvalue weighted by molar-refractivity contribution is 0.367. The molecular formula is C19H24FNO4S. The van der Waals surface area contributed by atoms with Gasteiger partial charge >= 0.3 is 0 Å². The molecule has 1 saturated heterocycles. The van der Waals surface area contributed by atoms with E-state index in [0.717, 1.165) is 25.3 Å². The summed E-state index contributed by atoms with van der Waals surface area (Å²) >= 11 is 0. The number of rotatable bonds is 4. The van der Waals surface area contributed by atoms with Gasteiger partial charge in [-0.15, -0.1) is 0 Å². The van der Waals surface area contributed by atoms with Gasteiger partial charge in [0.25, 0.3) is 10.1 Å². The highest BCUT2D eigenvalue weighted by Crippen LogP contribution is 2.29. The van der Waals surface area contributed by atoms with Crippen molar-refractivity contribution in [3.8, 4) is 11.5 Å². The predicted octanol–water partition coefficient (Wildman–Crippen LogP) is 3.66. The van der Waals surface area contributed by atoms with Gasteiger partial charge in [0, 0.05) is 6.07 Å². The third-order valence-electron chi connectivity index (χ3n) is 3.96. The Hall–Kier alpha value is -1.96. The normalized spacial score (nSPS) is 15.0. The predicted molar refractivity (Wildman–Crippen MR) is 99.7 cm³/mol. The molecule has 1 aliphatic heterocycles. The summed E-state index contributed by atoms with van der Waals surface area (Å²) < 4.78 is 45.0. The van der Waals surface area contributed by atoms with E-state index in [-0.39, 0.29) is 5.82 Å². The van der Waals surface area contributed by atoms with Crippen molar-refractivity contribution in [3.05, 3.63) is 59.9 Å². The number of benzene rings is 2.